The molecule has 0 bridgehead atoms. The number of fused-ring (bicyclic) bond motifs is 2. The first kappa shape index (κ1) is 11.9. The van der Waals surface area contributed by atoms with Gasteiger partial charge in [-0.1, -0.05) is 29.8 Å². The average Bonchev–Trinajstić information content (AvgIpc) is 2.54. The third kappa shape index (κ3) is 2.07. The Morgan fingerprint density at radius 1 is 1.10 bits per heavy atom. The van der Waals surface area contributed by atoms with E-state index in [0.717, 1.165) is 30.3 Å². The number of benzene rings is 1. The molecule has 0 saturated carbocycles. The van der Waals surface area contributed by atoms with E-state index >= 15 is 0 Å². The highest BCUT2D eigenvalue weighted by Gasteiger charge is 2.26. The number of anilines is 1. The predicted octanol–water partition coefficient (Wildman–Crippen LogP) is 3.57. The zero-order chi connectivity index (χ0) is 13.4. The van der Waals surface area contributed by atoms with Crippen LogP contribution in [-0.4, -0.2) is 23.3 Å². The Kier molecular flexibility index (Phi) is 2.91. The fourth-order valence-electron chi connectivity index (χ4n) is 3.46. The Hall–Kier alpha value is -1.90. The summed E-state index contributed by atoms with van der Waals surface area (Å²) >= 11 is 0. The Labute approximate surface area is 119 Å². The second-order valence-electron chi connectivity index (χ2n) is 5.88. The maximum Gasteiger partial charge on any atom is 0.152 e. The highest BCUT2D eigenvalue weighted by Crippen LogP contribution is 2.33. The summed E-state index contributed by atoms with van der Waals surface area (Å²) in [5, 5.41) is 9.94. The number of aromatic nitrogens is 2. The van der Waals surface area contributed by atoms with Crippen LogP contribution in [0.3, 0.4) is 0 Å². The van der Waals surface area contributed by atoms with Gasteiger partial charge in [-0.15, -0.1) is 10.2 Å². The van der Waals surface area contributed by atoms with Crippen molar-refractivity contribution < 1.29 is 0 Å². The monoisotopic (exact) mass is 265 g/mol. The van der Waals surface area contributed by atoms with Crippen LogP contribution in [0.25, 0.3) is 10.9 Å². The second kappa shape index (κ2) is 4.89. The third-order valence-corrected chi connectivity index (χ3v) is 4.61. The molecule has 1 aromatic heterocycles. The van der Waals surface area contributed by atoms with Gasteiger partial charge in [0.1, 0.15) is 0 Å². The van der Waals surface area contributed by atoms with Gasteiger partial charge >= 0.3 is 0 Å². The molecule has 1 aromatic carbocycles. The summed E-state index contributed by atoms with van der Waals surface area (Å²) in [4.78, 5) is 2.38. The van der Waals surface area contributed by atoms with E-state index in [9.17, 15) is 0 Å². The standard InChI is InChI=1S/C17H19N3/c1-2-7-15-12-20(10-9-13(15)5-1)17-11-14-6-3-4-8-16(14)18-19-17/h3-4,6-8,11,13H,1-2,5,9-10,12H2. The molecule has 1 atom stereocenters. The van der Waals surface area contributed by atoms with Crippen molar-refractivity contribution in [3.8, 4) is 0 Å². The van der Waals surface area contributed by atoms with Crippen LogP contribution in [0.15, 0.2) is 42.0 Å². The third-order valence-electron chi connectivity index (χ3n) is 4.61. The van der Waals surface area contributed by atoms with Gasteiger partial charge in [0.25, 0.3) is 0 Å². The van der Waals surface area contributed by atoms with E-state index in [-0.39, 0.29) is 0 Å². The molecule has 0 amide bonds. The number of nitrogens with zero attached hydrogens (tertiary/aromatic N) is 3. The molecule has 20 heavy (non-hydrogen) atoms. The topological polar surface area (TPSA) is 29.0 Å². The van der Waals surface area contributed by atoms with Crippen LogP contribution in [0.1, 0.15) is 25.7 Å². The fourth-order valence-corrected chi connectivity index (χ4v) is 3.46. The van der Waals surface area contributed by atoms with E-state index < -0.39 is 0 Å². The van der Waals surface area contributed by atoms with Crippen LogP contribution >= 0.6 is 0 Å². The van der Waals surface area contributed by atoms with Crippen molar-refractivity contribution in [1.29, 1.82) is 0 Å². The molecule has 1 aliphatic carbocycles. The second-order valence-corrected chi connectivity index (χ2v) is 5.88. The SMILES string of the molecule is C1=C2CN(c3cc4ccccc4nn3)CCC2CCC1. The number of rotatable bonds is 1. The van der Waals surface area contributed by atoms with Crippen LogP contribution < -0.4 is 4.90 Å². The summed E-state index contributed by atoms with van der Waals surface area (Å²) in [6.45, 7) is 2.15. The molecule has 2 aliphatic rings. The molecule has 1 aliphatic heterocycles. The van der Waals surface area contributed by atoms with Gasteiger partial charge in [0.15, 0.2) is 5.82 Å². The number of piperidine rings is 1. The fraction of sp³-hybridized carbons (Fsp3) is 0.412. The Morgan fingerprint density at radius 3 is 3.05 bits per heavy atom. The maximum atomic E-state index is 4.42. The molecular weight excluding hydrogens is 246 g/mol. The lowest BCUT2D eigenvalue weighted by Crippen LogP contribution is -2.37. The van der Waals surface area contributed by atoms with Gasteiger partial charge in [0.2, 0.25) is 0 Å². The number of hydrogen-bond donors (Lipinski definition) is 0. The van der Waals surface area contributed by atoms with Crippen molar-refractivity contribution in [1.82, 2.24) is 10.2 Å². The highest BCUT2D eigenvalue weighted by atomic mass is 15.3. The lowest BCUT2D eigenvalue weighted by atomic mass is 9.82. The summed E-state index contributed by atoms with van der Waals surface area (Å²) < 4.78 is 0. The summed E-state index contributed by atoms with van der Waals surface area (Å²) in [5.74, 6) is 1.85. The van der Waals surface area contributed by atoms with Crippen LogP contribution in [0, 0.1) is 5.92 Å². The molecule has 3 heteroatoms. The van der Waals surface area contributed by atoms with Gasteiger partial charge in [-0.2, -0.15) is 0 Å². The van der Waals surface area contributed by atoms with Crippen molar-refractivity contribution in [2.24, 2.45) is 5.92 Å². The Bertz CT molecular complexity index is 662. The van der Waals surface area contributed by atoms with Crippen LogP contribution in [-0.2, 0) is 0 Å². The van der Waals surface area contributed by atoms with E-state index in [0.29, 0.717) is 0 Å². The lowest BCUT2D eigenvalue weighted by molar-refractivity contribution is 0.436. The molecule has 2 aromatic rings. The van der Waals surface area contributed by atoms with Gasteiger partial charge in [-0.25, -0.2) is 0 Å². The molecule has 0 spiro atoms. The summed E-state index contributed by atoms with van der Waals surface area (Å²) in [6.07, 6.45) is 7.71. The van der Waals surface area contributed by atoms with E-state index in [4.69, 9.17) is 0 Å². The smallest absolute Gasteiger partial charge is 0.152 e. The van der Waals surface area contributed by atoms with Gasteiger partial charge in [0, 0.05) is 18.5 Å². The van der Waals surface area contributed by atoms with Gasteiger partial charge < -0.3 is 4.90 Å². The lowest BCUT2D eigenvalue weighted by Gasteiger charge is -2.36. The predicted molar refractivity (Wildman–Crippen MR) is 81.8 cm³/mol. The van der Waals surface area contributed by atoms with Gasteiger partial charge in [-0.05, 0) is 43.7 Å². The zero-order valence-corrected chi connectivity index (χ0v) is 11.6. The molecule has 1 fully saturated rings. The highest BCUT2D eigenvalue weighted by molar-refractivity contribution is 5.80. The largest absolute Gasteiger partial charge is 0.351 e. The Balaban J connectivity index is 1.64. The number of hydrogen-bond acceptors (Lipinski definition) is 3. The van der Waals surface area contributed by atoms with E-state index in [1.165, 1.54) is 31.1 Å². The maximum absolute atomic E-state index is 4.42. The summed E-state index contributed by atoms with van der Waals surface area (Å²) in [5.41, 5.74) is 2.60. The molecular formula is C17H19N3. The van der Waals surface area contributed by atoms with Crippen molar-refractivity contribution in [3.05, 3.63) is 42.0 Å². The number of allylic oxidation sites excluding steroid dienone is 1. The first-order valence-corrected chi connectivity index (χ1v) is 7.56. The minimum absolute atomic E-state index is 0.827. The molecule has 0 N–H and O–H groups in total. The minimum Gasteiger partial charge on any atom is -0.351 e. The average molecular weight is 265 g/mol. The van der Waals surface area contributed by atoms with Crippen LogP contribution in [0.5, 0.6) is 0 Å². The normalized spacial score (nSPS) is 22.5. The van der Waals surface area contributed by atoms with Gasteiger partial charge in [-0.3, -0.25) is 0 Å². The molecule has 0 radical (unpaired) electrons. The van der Waals surface area contributed by atoms with Crippen LogP contribution in [0.2, 0.25) is 0 Å². The van der Waals surface area contributed by atoms with Gasteiger partial charge in [0.05, 0.1) is 5.52 Å². The van der Waals surface area contributed by atoms with Crippen molar-refractivity contribution >= 4 is 16.7 Å². The van der Waals surface area contributed by atoms with E-state index in [1.807, 2.05) is 12.1 Å². The molecule has 4 rings (SSSR count). The summed E-state index contributed by atoms with van der Waals surface area (Å²) in [6, 6.07) is 10.4. The molecule has 1 unspecified atom stereocenters. The van der Waals surface area contributed by atoms with E-state index in [1.54, 1.807) is 5.57 Å². The molecule has 3 nitrogen and oxygen atoms in total. The molecule has 2 heterocycles. The Morgan fingerprint density at radius 2 is 2.05 bits per heavy atom. The van der Waals surface area contributed by atoms with E-state index in [2.05, 4.69) is 39.4 Å². The van der Waals surface area contributed by atoms with Crippen LogP contribution in [0.4, 0.5) is 5.82 Å². The molecule has 102 valence electrons. The first-order chi connectivity index (χ1) is 9.90. The summed E-state index contributed by atoms with van der Waals surface area (Å²) in [7, 11) is 0. The minimum atomic E-state index is 0.827. The van der Waals surface area contributed by atoms with Crippen molar-refractivity contribution in [2.45, 2.75) is 25.7 Å². The van der Waals surface area contributed by atoms with Crippen molar-refractivity contribution in [2.75, 3.05) is 18.0 Å². The zero-order valence-electron chi connectivity index (χ0n) is 11.6. The quantitative estimate of drug-likeness (QED) is 0.738. The van der Waals surface area contributed by atoms with Crippen molar-refractivity contribution in [3.63, 3.8) is 0 Å². The molecule has 1 saturated heterocycles. The first-order valence-electron chi connectivity index (χ1n) is 7.56.